The Hall–Kier alpha value is -1.31. The average molecular weight is 286 g/mol. The second-order valence-corrected chi connectivity index (χ2v) is 6.22. The first-order valence-corrected chi connectivity index (χ1v) is 7.58. The number of rotatable bonds is 2. The summed E-state index contributed by atoms with van der Waals surface area (Å²) in [4.78, 5) is 0. The lowest BCUT2D eigenvalue weighted by Crippen LogP contribution is -2.13. The minimum Gasteiger partial charge on any atom is -0.320 e. The highest BCUT2D eigenvalue weighted by molar-refractivity contribution is 6.31. The SMILES string of the molecule is Cc1cc(Cl)c(C(N)c2ccc3c(c2)CCC3)cc1C. The van der Waals surface area contributed by atoms with E-state index in [1.807, 2.05) is 6.07 Å². The average Bonchev–Trinajstić information content (AvgIpc) is 2.89. The maximum Gasteiger partial charge on any atom is 0.0566 e. The number of halogens is 1. The Balaban J connectivity index is 2.00. The Morgan fingerprint density at radius 3 is 2.50 bits per heavy atom. The van der Waals surface area contributed by atoms with Gasteiger partial charge < -0.3 is 5.73 Å². The van der Waals surface area contributed by atoms with Crippen LogP contribution in [0.2, 0.25) is 5.02 Å². The van der Waals surface area contributed by atoms with Crippen molar-refractivity contribution in [3.05, 3.63) is 68.7 Å². The van der Waals surface area contributed by atoms with Crippen LogP contribution in [0.4, 0.5) is 0 Å². The zero-order valence-electron chi connectivity index (χ0n) is 12.0. The smallest absolute Gasteiger partial charge is 0.0566 e. The molecule has 0 saturated heterocycles. The van der Waals surface area contributed by atoms with Crippen molar-refractivity contribution in [1.82, 2.24) is 0 Å². The molecule has 1 aliphatic carbocycles. The summed E-state index contributed by atoms with van der Waals surface area (Å²) < 4.78 is 0. The van der Waals surface area contributed by atoms with Crippen molar-refractivity contribution in [2.24, 2.45) is 5.73 Å². The van der Waals surface area contributed by atoms with E-state index in [1.54, 1.807) is 0 Å². The molecule has 0 fully saturated rings. The third-order valence-corrected chi connectivity index (χ3v) is 4.76. The number of benzene rings is 2. The molecule has 0 aromatic heterocycles. The van der Waals surface area contributed by atoms with E-state index in [0.29, 0.717) is 0 Å². The van der Waals surface area contributed by atoms with Crippen molar-refractivity contribution >= 4 is 11.6 Å². The van der Waals surface area contributed by atoms with Gasteiger partial charge in [0.1, 0.15) is 0 Å². The van der Waals surface area contributed by atoms with Gasteiger partial charge in [-0.2, -0.15) is 0 Å². The molecular weight excluding hydrogens is 266 g/mol. The van der Waals surface area contributed by atoms with E-state index in [2.05, 4.69) is 38.1 Å². The van der Waals surface area contributed by atoms with Crippen molar-refractivity contribution in [1.29, 1.82) is 0 Å². The summed E-state index contributed by atoms with van der Waals surface area (Å²) in [6, 6.07) is 10.6. The standard InChI is InChI=1S/C18H20ClN/c1-11-8-16(17(19)9-12(11)2)18(20)15-7-6-13-4-3-5-14(13)10-15/h6-10,18H,3-5,20H2,1-2H3. The maximum absolute atomic E-state index is 6.45. The van der Waals surface area contributed by atoms with Crippen LogP contribution >= 0.6 is 11.6 Å². The van der Waals surface area contributed by atoms with E-state index >= 15 is 0 Å². The molecule has 0 bridgehead atoms. The molecule has 2 aromatic rings. The number of hydrogen-bond acceptors (Lipinski definition) is 1. The Morgan fingerprint density at radius 1 is 1.00 bits per heavy atom. The molecule has 3 rings (SSSR count). The molecule has 2 N–H and O–H groups in total. The Bertz CT molecular complexity index is 661. The zero-order valence-corrected chi connectivity index (χ0v) is 12.8. The second-order valence-electron chi connectivity index (χ2n) is 5.82. The molecule has 1 nitrogen and oxygen atoms in total. The highest BCUT2D eigenvalue weighted by Gasteiger charge is 2.17. The summed E-state index contributed by atoms with van der Waals surface area (Å²) in [5.74, 6) is 0. The van der Waals surface area contributed by atoms with Gasteiger partial charge in [0.25, 0.3) is 0 Å². The summed E-state index contributed by atoms with van der Waals surface area (Å²) in [6.45, 7) is 4.18. The normalized spacial score (nSPS) is 15.2. The van der Waals surface area contributed by atoms with Gasteiger partial charge in [-0.1, -0.05) is 35.9 Å². The molecule has 0 amide bonds. The van der Waals surface area contributed by atoms with E-state index in [0.717, 1.165) is 16.1 Å². The van der Waals surface area contributed by atoms with E-state index < -0.39 is 0 Å². The fourth-order valence-corrected chi connectivity index (χ4v) is 3.34. The fourth-order valence-electron chi connectivity index (χ4n) is 3.01. The van der Waals surface area contributed by atoms with Crippen molar-refractivity contribution in [2.75, 3.05) is 0 Å². The van der Waals surface area contributed by atoms with Gasteiger partial charge >= 0.3 is 0 Å². The number of hydrogen-bond donors (Lipinski definition) is 1. The first-order chi connectivity index (χ1) is 9.56. The van der Waals surface area contributed by atoms with Crippen LogP contribution in [0.15, 0.2) is 30.3 Å². The van der Waals surface area contributed by atoms with E-state index in [4.69, 9.17) is 17.3 Å². The highest BCUT2D eigenvalue weighted by Crippen LogP contribution is 2.31. The first kappa shape index (κ1) is 13.7. The molecule has 20 heavy (non-hydrogen) atoms. The molecular formula is C18H20ClN. The van der Waals surface area contributed by atoms with Crippen LogP contribution in [0.1, 0.15) is 45.8 Å². The van der Waals surface area contributed by atoms with Crippen LogP contribution in [0.3, 0.4) is 0 Å². The monoisotopic (exact) mass is 285 g/mol. The second kappa shape index (κ2) is 5.23. The van der Waals surface area contributed by atoms with E-state index in [-0.39, 0.29) is 6.04 Å². The van der Waals surface area contributed by atoms with Crippen molar-refractivity contribution in [3.8, 4) is 0 Å². The molecule has 0 spiro atoms. The van der Waals surface area contributed by atoms with Gasteiger partial charge in [-0.3, -0.25) is 0 Å². The van der Waals surface area contributed by atoms with Gasteiger partial charge in [0.05, 0.1) is 6.04 Å². The Kier molecular flexibility index (Phi) is 3.57. The molecule has 2 heteroatoms. The summed E-state index contributed by atoms with van der Waals surface area (Å²) in [5.41, 5.74) is 14.0. The van der Waals surface area contributed by atoms with Gasteiger partial charge in [-0.05, 0) is 72.6 Å². The Labute approximate surface area is 125 Å². The van der Waals surface area contributed by atoms with Crippen molar-refractivity contribution < 1.29 is 0 Å². The molecule has 0 saturated carbocycles. The lowest BCUT2D eigenvalue weighted by molar-refractivity contribution is 0.865. The van der Waals surface area contributed by atoms with E-state index in [9.17, 15) is 0 Å². The third-order valence-electron chi connectivity index (χ3n) is 4.43. The number of fused-ring (bicyclic) bond motifs is 1. The fraction of sp³-hybridized carbons (Fsp3) is 0.333. The van der Waals surface area contributed by atoms with Gasteiger partial charge in [-0.15, -0.1) is 0 Å². The quantitative estimate of drug-likeness (QED) is 0.864. The molecule has 0 aliphatic heterocycles. The third kappa shape index (κ3) is 2.36. The highest BCUT2D eigenvalue weighted by atomic mass is 35.5. The summed E-state index contributed by atoms with van der Waals surface area (Å²) in [5, 5.41) is 0.765. The number of aryl methyl sites for hydroxylation is 4. The summed E-state index contributed by atoms with van der Waals surface area (Å²) in [7, 11) is 0. The lowest BCUT2D eigenvalue weighted by Gasteiger charge is -2.17. The first-order valence-electron chi connectivity index (χ1n) is 7.20. The van der Waals surface area contributed by atoms with Gasteiger partial charge in [0.15, 0.2) is 0 Å². The van der Waals surface area contributed by atoms with Crippen molar-refractivity contribution in [2.45, 2.75) is 39.2 Å². The van der Waals surface area contributed by atoms with Gasteiger partial charge in [-0.25, -0.2) is 0 Å². The minimum absolute atomic E-state index is 0.146. The van der Waals surface area contributed by atoms with Crippen LogP contribution in [0, 0.1) is 13.8 Å². The molecule has 1 atom stereocenters. The molecule has 0 heterocycles. The van der Waals surface area contributed by atoms with E-state index in [1.165, 1.54) is 41.5 Å². The Morgan fingerprint density at radius 2 is 1.70 bits per heavy atom. The lowest BCUT2D eigenvalue weighted by atomic mass is 9.94. The zero-order chi connectivity index (χ0) is 14.3. The maximum atomic E-state index is 6.45. The van der Waals surface area contributed by atoms with Crippen LogP contribution in [0.25, 0.3) is 0 Å². The number of nitrogens with two attached hydrogens (primary N) is 1. The van der Waals surface area contributed by atoms with Gasteiger partial charge in [0, 0.05) is 5.02 Å². The summed E-state index contributed by atoms with van der Waals surface area (Å²) in [6.07, 6.45) is 3.64. The minimum atomic E-state index is -0.146. The van der Waals surface area contributed by atoms with Crippen LogP contribution in [-0.4, -0.2) is 0 Å². The van der Waals surface area contributed by atoms with Crippen LogP contribution in [0.5, 0.6) is 0 Å². The summed E-state index contributed by atoms with van der Waals surface area (Å²) >= 11 is 6.38. The predicted octanol–water partition coefficient (Wildman–Crippen LogP) is 4.49. The van der Waals surface area contributed by atoms with Crippen LogP contribution in [-0.2, 0) is 12.8 Å². The molecule has 104 valence electrons. The molecule has 1 aliphatic rings. The molecule has 1 unspecified atom stereocenters. The topological polar surface area (TPSA) is 26.0 Å². The largest absolute Gasteiger partial charge is 0.320 e. The predicted molar refractivity (Wildman–Crippen MR) is 85.4 cm³/mol. The van der Waals surface area contributed by atoms with Crippen molar-refractivity contribution in [3.63, 3.8) is 0 Å². The van der Waals surface area contributed by atoms with Crippen LogP contribution < -0.4 is 5.73 Å². The molecule has 2 aromatic carbocycles. The van der Waals surface area contributed by atoms with Gasteiger partial charge in [0.2, 0.25) is 0 Å². The molecule has 0 radical (unpaired) electrons.